The van der Waals surface area contributed by atoms with E-state index in [1.165, 1.54) is 122 Å². The van der Waals surface area contributed by atoms with Crippen molar-refractivity contribution in [1.82, 2.24) is 0 Å². The summed E-state index contributed by atoms with van der Waals surface area (Å²) in [6, 6.07) is 11.6. The molecular weight excluding hydrogens is 541 g/mol. The SMILES string of the molecule is CCCCCCCC[PH](CCCCCCCC)(CCCCCCCC)Cc1ccccc1.ClP(Cl)Cl. The van der Waals surface area contributed by atoms with Crippen molar-refractivity contribution in [2.45, 2.75) is 143 Å². The van der Waals surface area contributed by atoms with Crippen LogP contribution in [-0.4, -0.2) is 18.5 Å². The molecule has 0 amide bonds. The predicted octanol–water partition coefficient (Wildman–Crippen LogP) is 13.9. The van der Waals surface area contributed by atoms with E-state index in [1.54, 1.807) is 24.0 Å². The summed E-state index contributed by atoms with van der Waals surface area (Å²) in [5, 5.41) is 0. The molecule has 1 rings (SSSR count). The molecule has 0 saturated carbocycles. The van der Waals surface area contributed by atoms with Crippen molar-refractivity contribution in [3.05, 3.63) is 35.9 Å². The van der Waals surface area contributed by atoms with E-state index in [-0.39, 0.29) is 0 Å². The minimum Gasteiger partial charge on any atom is -0.0596 e. The Kier molecular flexibility index (Phi) is 28.2. The molecule has 5 heteroatoms. The maximum absolute atomic E-state index is 4.87. The van der Waals surface area contributed by atoms with Crippen LogP contribution in [0.1, 0.15) is 142 Å². The molecule has 36 heavy (non-hydrogen) atoms. The normalized spacial score (nSPS) is 12.0. The average molecular weight is 600 g/mol. The van der Waals surface area contributed by atoms with E-state index >= 15 is 0 Å². The van der Waals surface area contributed by atoms with Crippen LogP contribution in [0.2, 0.25) is 0 Å². The smallest absolute Gasteiger partial charge is 0.0596 e. The Balaban J connectivity index is 0.00000283. The molecule has 0 aliphatic heterocycles. The van der Waals surface area contributed by atoms with Gasteiger partial charge >= 0.3 is 204 Å². The van der Waals surface area contributed by atoms with Gasteiger partial charge < -0.3 is 0 Å². The Morgan fingerprint density at radius 3 is 1.14 bits per heavy atom. The molecule has 0 unspecified atom stereocenters. The molecule has 1 aromatic carbocycles. The molecule has 0 bridgehead atoms. The van der Waals surface area contributed by atoms with Crippen molar-refractivity contribution >= 4 is 47.0 Å². The zero-order valence-corrected chi connectivity index (χ0v) is 28.2. The fraction of sp³-hybridized carbons (Fsp3) is 0.806. The zero-order chi connectivity index (χ0) is 26.7. The van der Waals surface area contributed by atoms with E-state index in [4.69, 9.17) is 33.7 Å². The van der Waals surface area contributed by atoms with Gasteiger partial charge in [0, 0.05) is 0 Å². The molecule has 214 valence electrons. The Morgan fingerprint density at radius 1 is 0.500 bits per heavy atom. The van der Waals surface area contributed by atoms with Crippen LogP contribution < -0.4 is 0 Å². The Bertz CT molecular complexity index is 510. The third-order valence-corrected chi connectivity index (χ3v) is 13.0. The number of hydrogen-bond acceptors (Lipinski definition) is 0. The summed E-state index contributed by atoms with van der Waals surface area (Å²) in [6.07, 6.45) is 32.4. The van der Waals surface area contributed by atoms with Gasteiger partial charge in [-0.1, -0.05) is 33.7 Å². The number of hydrogen-bond donors (Lipinski definition) is 0. The van der Waals surface area contributed by atoms with Crippen molar-refractivity contribution in [2.24, 2.45) is 0 Å². The van der Waals surface area contributed by atoms with Crippen molar-refractivity contribution in [3.63, 3.8) is 0 Å². The zero-order valence-electron chi connectivity index (χ0n) is 24.0. The average Bonchev–Trinajstić information content (AvgIpc) is 2.86. The number of halogens is 3. The summed E-state index contributed by atoms with van der Waals surface area (Å²) in [4.78, 5) is 0. The monoisotopic (exact) mass is 598 g/mol. The fourth-order valence-electron chi connectivity index (χ4n) is 5.51. The van der Waals surface area contributed by atoms with E-state index in [9.17, 15) is 0 Å². The molecule has 0 aromatic heterocycles. The second-order valence-corrected chi connectivity index (χ2v) is 20.7. The quantitative estimate of drug-likeness (QED) is 0.0867. The van der Waals surface area contributed by atoms with Gasteiger partial charge in [-0.3, -0.25) is 0 Å². The standard InChI is InChI=1S/C31H59P.Cl3P/c1-4-7-10-13-16-22-27-32(28-23-17-14-11-8-5-2,29-24-18-15-12-9-6-3)30-31-25-20-19-21-26-31;1-4(2)3/h19-21,25-26,32H,4-18,22-24,27-30H2,1-3H3;. The van der Waals surface area contributed by atoms with Gasteiger partial charge in [0.25, 0.3) is 0 Å². The summed E-state index contributed by atoms with van der Waals surface area (Å²) in [5.74, 6) is -1.20. The number of rotatable bonds is 23. The van der Waals surface area contributed by atoms with Crippen LogP contribution >= 0.6 is 47.0 Å². The van der Waals surface area contributed by atoms with Crippen molar-refractivity contribution in [3.8, 4) is 0 Å². The van der Waals surface area contributed by atoms with Gasteiger partial charge in [0.15, 0.2) is 5.98 Å². The van der Waals surface area contributed by atoms with Gasteiger partial charge in [-0.05, 0) is 0 Å². The molecule has 1 aromatic rings. The Hall–Kier alpha value is 0.950. The van der Waals surface area contributed by atoms with Gasteiger partial charge in [-0.2, -0.15) is 0 Å². The number of benzene rings is 1. The van der Waals surface area contributed by atoms with Crippen LogP contribution in [0.15, 0.2) is 30.3 Å². The van der Waals surface area contributed by atoms with Gasteiger partial charge in [-0.25, -0.2) is 0 Å². The van der Waals surface area contributed by atoms with Gasteiger partial charge in [0.2, 0.25) is 0 Å². The van der Waals surface area contributed by atoms with Crippen molar-refractivity contribution < 1.29 is 0 Å². The predicted molar refractivity (Wildman–Crippen MR) is 178 cm³/mol. The maximum atomic E-state index is 4.87. The largest absolute Gasteiger partial charge is 0.179 e. The van der Waals surface area contributed by atoms with E-state index < -0.39 is 13.2 Å². The molecule has 0 aliphatic carbocycles. The van der Waals surface area contributed by atoms with Crippen LogP contribution in [0.5, 0.6) is 0 Å². The molecule has 0 fully saturated rings. The maximum Gasteiger partial charge on any atom is 0.179 e. The first-order chi connectivity index (χ1) is 17.5. The summed E-state index contributed by atoms with van der Waals surface area (Å²) in [5.41, 5.74) is 1.64. The first-order valence-corrected chi connectivity index (χ1v) is 22.2. The second kappa shape index (κ2) is 27.5. The molecule has 0 saturated heterocycles. The van der Waals surface area contributed by atoms with Crippen LogP contribution in [0, 0.1) is 0 Å². The topological polar surface area (TPSA) is 0 Å². The third kappa shape index (κ3) is 24.0. The number of unbranched alkanes of at least 4 members (excludes halogenated alkanes) is 15. The summed E-state index contributed by atoms with van der Waals surface area (Å²) in [7, 11) is -1.24. The first kappa shape index (κ1) is 37.0. The molecule has 0 N–H and O–H groups in total. The molecular formula is C31H59Cl3P2. The van der Waals surface area contributed by atoms with Crippen LogP contribution in [0.4, 0.5) is 0 Å². The van der Waals surface area contributed by atoms with E-state index in [2.05, 4.69) is 51.1 Å². The van der Waals surface area contributed by atoms with Gasteiger partial charge in [0.1, 0.15) is 0 Å². The van der Waals surface area contributed by atoms with Crippen LogP contribution in [0.25, 0.3) is 0 Å². The molecule has 0 heterocycles. The van der Waals surface area contributed by atoms with Crippen molar-refractivity contribution in [1.29, 1.82) is 0 Å². The second-order valence-electron chi connectivity index (χ2n) is 10.9. The Labute approximate surface area is 242 Å². The fourth-order valence-corrected chi connectivity index (χ4v) is 10.9. The molecule has 0 spiro atoms. The molecule has 0 nitrogen and oxygen atoms in total. The minimum atomic E-state index is -1.24. The van der Waals surface area contributed by atoms with Crippen molar-refractivity contribution in [2.75, 3.05) is 18.5 Å². The van der Waals surface area contributed by atoms with E-state index in [0.717, 1.165) is 0 Å². The molecule has 0 aliphatic rings. The Morgan fingerprint density at radius 2 is 0.806 bits per heavy atom. The van der Waals surface area contributed by atoms with Crippen LogP contribution in [0.3, 0.4) is 0 Å². The summed E-state index contributed by atoms with van der Waals surface area (Å²) in [6.45, 7) is 7.00. The van der Waals surface area contributed by atoms with E-state index in [0.29, 0.717) is 0 Å². The minimum absolute atomic E-state index is 1.20. The third-order valence-electron chi connectivity index (χ3n) is 7.60. The summed E-state index contributed by atoms with van der Waals surface area (Å²) < 4.78 is 0. The van der Waals surface area contributed by atoms with Gasteiger partial charge in [-0.15, -0.1) is 0 Å². The molecule has 0 radical (unpaired) electrons. The molecule has 0 atom stereocenters. The van der Waals surface area contributed by atoms with E-state index in [1.807, 2.05) is 0 Å². The van der Waals surface area contributed by atoms with Crippen LogP contribution in [-0.2, 0) is 6.16 Å². The summed E-state index contributed by atoms with van der Waals surface area (Å²) >= 11 is 14.6. The first-order valence-electron chi connectivity index (χ1n) is 15.3. The van der Waals surface area contributed by atoms with Gasteiger partial charge in [0.05, 0.1) is 0 Å².